The molecule has 0 bridgehead atoms. The molecule has 1 aromatic carbocycles. The number of nitrogens with one attached hydrogen (secondary N) is 1. The number of likely N-dealkylation sites (tertiary alicyclic amines) is 1. The fraction of sp³-hybridized carbons (Fsp3) is 0.480. The molecule has 1 saturated heterocycles. The standard InChI is InChI=1S/C25H26Br2ClN3O2/c26-20-10-17(28)9-16-3-4-18-22(11-19(16)20)29-12-21(27)24(18)14-5-7-31(8-6-14)23(13-32)30-25(33)15-1-2-15/h9-10,12-15,23H,1-8,11H2,(H,30,33)/t23-/m1/s1. The zero-order valence-electron chi connectivity index (χ0n) is 18.3. The first-order valence-electron chi connectivity index (χ1n) is 11.6. The molecule has 1 aliphatic heterocycles. The van der Waals surface area contributed by atoms with Crippen LogP contribution in [-0.4, -0.2) is 41.3 Å². The number of aldehydes is 1. The molecule has 0 radical (unpaired) electrons. The first-order chi connectivity index (χ1) is 15.9. The molecule has 2 heterocycles. The maximum atomic E-state index is 12.2. The Morgan fingerprint density at radius 3 is 2.58 bits per heavy atom. The van der Waals surface area contributed by atoms with Crippen LogP contribution in [-0.2, 0) is 28.9 Å². The Bertz CT molecular complexity index is 1100. The Kier molecular flexibility index (Phi) is 6.94. The maximum Gasteiger partial charge on any atom is 0.224 e. The second kappa shape index (κ2) is 9.76. The Morgan fingerprint density at radius 1 is 1.12 bits per heavy atom. The van der Waals surface area contributed by atoms with E-state index >= 15 is 0 Å². The van der Waals surface area contributed by atoms with Crippen LogP contribution in [0.15, 0.2) is 27.3 Å². The van der Waals surface area contributed by atoms with Gasteiger partial charge in [0, 0.05) is 51.3 Å². The van der Waals surface area contributed by atoms with E-state index in [1.165, 1.54) is 22.3 Å². The van der Waals surface area contributed by atoms with Crippen LogP contribution in [0.5, 0.6) is 0 Å². The fourth-order valence-corrected chi connectivity index (χ4v) is 6.93. The Morgan fingerprint density at radius 2 is 1.88 bits per heavy atom. The van der Waals surface area contributed by atoms with Gasteiger partial charge in [0.05, 0.1) is 0 Å². The van der Waals surface area contributed by atoms with Crippen molar-refractivity contribution in [1.29, 1.82) is 0 Å². The molecule has 1 saturated carbocycles. The number of nitrogens with zero attached hydrogens (tertiary/aromatic N) is 2. The molecular formula is C25H26Br2ClN3O2. The molecular weight excluding hydrogens is 570 g/mol. The summed E-state index contributed by atoms with van der Waals surface area (Å²) in [6.45, 7) is 1.56. The topological polar surface area (TPSA) is 62.3 Å². The smallest absolute Gasteiger partial charge is 0.224 e. The first-order valence-corrected chi connectivity index (χ1v) is 13.5. The van der Waals surface area contributed by atoms with E-state index in [9.17, 15) is 9.59 Å². The summed E-state index contributed by atoms with van der Waals surface area (Å²) in [6, 6.07) is 4.04. The van der Waals surface area contributed by atoms with Gasteiger partial charge in [-0.1, -0.05) is 27.5 Å². The van der Waals surface area contributed by atoms with Gasteiger partial charge in [0.2, 0.25) is 5.91 Å². The van der Waals surface area contributed by atoms with Crippen LogP contribution in [0.25, 0.3) is 0 Å². The van der Waals surface area contributed by atoms with Crippen molar-refractivity contribution in [3.05, 3.63) is 60.2 Å². The van der Waals surface area contributed by atoms with Gasteiger partial charge >= 0.3 is 0 Å². The van der Waals surface area contributed by atoms with E-state index in [-0.39, 0.29) is 11.8 Å². The minimum absolute atomic E-state index is 0.0160. The van der Waals surface area contributed by atoms with Gasteiger partial charge in [-0.3, -0.25) is 19.5 Å². The average molecular weight is 596 g/mol. The molecule has 2 aromatic rings. The number of hydrogen-bond donors (Lipinski definition) is 1. The van der Waals surface area contributed by atoms with Gasteiger partial charge in [0.1, 0.15) is 6.17 Å². The average Bonchev–Trinajstić information content (AvgIpc) is 3.65. The summed E-state index contributed by atoms with van der Waals surface area (Å²) in [5.74, 6) is 0.515. The Balaban J connectivity index is 1.34. The summed E-state index contributed by atoms with van der Waals surface area (Å²) in [4.78, 5) is 30.8. The summed E-state index contributed by atoms with van der Waals surface area (Å²) >= 11 is 13.8. The number of rotatable bonds is 5. The highest BCUT2D eigenvalue weighted by Crippen LogP contribution is 2.40. The van der Waals surface area contributed by atoms with Crippen LogP contribution in [0.4, 0.5) is 0 Å². The van der Waals surface area contributed by atoms with Crippen molar-refractivity contribution in [3.63, 3.8) is 0 Å². The molecule has 1 amide bonds. The third-order valence-corrected chi connectivity index (χ3v) is 8.76. The van der Waals surface area contributed by atoms with E-state index in [1.807, 2.05) is 12.3 Å². The molecule has 3 aliphatic rings. The van der Waals surface area contributed by atoms with Crippen molar-refractivity contribution in [1.82, 2.24) is 15.2 Å². The number of hydrogen-bond acceptors (Lipinski definition) is 4. The summed E-state index contributed by atoms with van der Waals surface area (Å²) in [5, 5.41) is 3.68. The summed E-state index contributed by atoms with van der Waals surface area (Å²) < 4.78 is 2.11. The molecule has 33 heavy (non-hydrogen) atoms. The molecule has 1 aromatic heterocycles. The van der Waals surface area contributed by atoms with E-state index in [4.69, 9.17) is 16.6 Å². The van der Waals surface area contributed by atoms with E-state index in [0.29, 0.717) is 5.92 Å². The van der Waals surface area contributed by atoms with Gasteiger partial charge in [-0.15, -0.1) is 0 Å². The quantitative estimate of drug-likeness (QED) is 0.484. The van der Waals surface area contributed by atoms with Crippen molar-refractivity contribution in [2.45, 2.75) is 57.0 Å². The lowest BCUT2D eigenvalue weighted by Crippen LogP contribution is -2.52. The van der Waals surface area contributed by atoms with Crippen LogP contribution in [0.1, 0.15) is 59.5 Å². The third kappa shape index (κ3) is 4.93. The molecule has 5 rings (SSSR count). The highest BCUT2D eigenvalue weighted by atomic mass is 79.9. The lowest BCUT2D eigenvalue weighted by atomic mass is 9.85. The van der Waals surface area contributed by atoms with E-state index < -0.39 is 6.17 Å². The maximum absolute atomic E-state index is 12.2. The summed E-state index contributed by atoms with van der Waals surface area (Å²) in [5.41, 5.74) is 6.40. The van der Waals surface area contributed by atoms with Gasteiger partial charge in [-0.2, -0.15) is 0 Å². The molecule has 8 heteroatoms. The van der Waals surface area contributed by atoms with E-state index in [2.05, 4.69) is 48.1 Å². The second-order valence-corrected chi connectivity index (χ2v) is 11.5. The number of carbonyl (C=O) groups is 2. The normalized spacial score (nSPS) is 19.8. The van der Waals surface area contributed by atoms with Gasteiger partial charge < -0.3 is 5.32 Å². The number of carbonyl (C=O) groups excluding carboxylic acids is 2. The highest BCUT2D eigenvalue weighted by Gasteiger charge is 2.34. The zero-order chi connectivity index (χ0) is 23.1. The highest BCUT2D eigenvalue weighted by molar-refractivity contribution is 9.10. The van der Waals surface area contributed by atoms with Crippen LogP contribution in [0.3, 0.4) is 0 Å². The minimum Gasteiger partial charge on any atom is -0.334 e. The van der Waals surface area contributed by atoms with Crippen molar-refractivity contribution < 1.29 is 9.59 Å². The van der Waals surface area contributed by atoms with Gasteiger partial charge in [0.15, 0.2) is 6.29 Å². The molecule has 1 N–H and O–H groups in total. The van der Waals surface area contributed by atoms with Crippen LogP contribution < -0.4 is 5.32 Å². The lowest BCUT2D eigenvalue weighted by molar-refractivity contribution is -0.128. The van der Waals surface area contributed by atoms with Gasteiger partial charge in [0.25, 0.3) is 0 Å². The third-order valence-electron chi connectivity index (χ3n) is 7.20. The minimum atomic E-state index is -0.520. The zero-order valence-corrected chi connectivity index (χ0v) is 22.2. The Labute approximate surface area is 215 Å². The molecule has 174 valence electrons. The molecule has 5 nitrogen and oxygen atoms in total. The SMILES string of the molecule is O=C[C@H](NC(=O)C1CC1)N1CCC(c2c(Br)cnc3c2CCc2cc(Cl)cc(Br)c2C3)CC1. The summed E-state index contributed by atoms with van der Waals surface area (Å²) in [7, 11) is 0. The largest absolute Gasteiger partial charge is 0.334 e. The number of aryl methyl sites for hydroxylation is 1. The molecule has 0 unspecified atom stereocenters. The van der Waals surface area contributed by atoms with E-state index in [1.54, 1.807) is 0 Å². The second-order valence-electron chi connectivity index (χ2n) is 9.32. The molecule has 1 atom stereocenters. The predicted molar refractivity (Wildman–Crippen MR) is 136 cm³/mol. The van der Waals surface area contributed by atoms with Crippen molar-refractivity contribution in [2.75, 3.05) is 13.1 Å². The van der Waals surface area contributed by atoms with Crippen molar-refractivity contribution in [3.8, 4) is 0 Å². The van der Waals surface area contributed by atoms with Crippen molar-refractivity contribution in [2.24, 2.45) is 5.92 Å². The summed E-state index contributed by atoms with van der Waals surface area (Å²) in [6.07, 6.45) is 8.73. The van der Waals surface area contributed by atoms with Gasteiger partial charge in [-0.05, 0) is 94.8 Å². The molecule has 2 aliphatic carbocycles. The number of pyridine rings is 1. The first kappa shape index (κ1) is 23.5. The number of halogens is 3. The van der Waals surface area contributed by atoms with Crippen LogP contribution in [0, 0.1) is 5.92 Å². The number of piperidine rings is 1. The van der Waals surface area contributed by atoms with E-state index in [0.717, 1.165) is 84.0 Å². The lowest BCUT2D eigenvalue weighted by Gasteiger charge is -2.36. The predicted octanol–water partition coefficient (Wildman–Crippen LogP) is 5.18. The van der Waals surface area contributed by atoms with Crippen LogP contribution in [0.2, 0.25) is 5.02 Å². The fourth-order valence-electron chi connectivity index (χ4n) is 5.25. The Hall–Kier alpha value is -1.28. The van der Waals surface area contributed by atoms with Crippen molar-refractivity contribution >= 4 is 55.7 Å². The van der Waals surface area contributed by atoms with Crippen LogP contribution >= 0.6 is 43.5 Å². The van der Waals surface area contributed by atoms with Gasteiger partial charge in [-0.25, -0.2) is 0 Å². The molecule has 2 fully saturated rings. The monoisotopic (exact) mass is 593 g/mol. The molecule has 0 spiro atoms. The number of benzene rings is 1. The number of fused-ring (bicyclic) bond motifs is 2. The number of amides is 1. The number of aromatic nitrogens is 1.